The van der Waals surface area contributed by atoms with Gasteiger partial charge in [0.1, 0.15) is 5.00 Å². The summed E-state index contributed by atoms with van der Waals surface area (Å²) in [6, 6.07) is 41.9. The zero-order valence-electron chi connectivity index (χ0n) is 18.8. The van der Waals surface area contributed by atoms with E-state index in [1.54, 1.807) is 0 Å². The van der Waals surface area contributed by atoms with Crippen LogP contribution in [0, 0.1) is 0 Å². The van der Waals surface area contributed by atoms with Gasteiger partial charge in [0, 0.05) is 32.7 Å². The quantitative estimate of drug-likeness (QED) is 0.241. The molecule has 0 unspecified atom stereocenters. The molecule has 3 heteroatoms. The van der Waals surface area contributed by atoms with Gasteiger partial charge in [-0.3, -0.25) is 0 Å². The third-order valence-corrected chi connectivity index (χ3v) is 8.21. The zero-order chi connectivity index (χ0) is 22.9. The molecular formula is C32H20N2S. The van der Waals surface area contributed by atoms with Crippen molar-refractivity contribution in [3.05, 3.63) is 121 Å². The van der Waals surface area contributed by atoms with E-state index in [0.717, 1.165) is 0 Å². The maximum atomic E-state index is 2.44. The molecule has 8 aromatic rings. The Morgan fingerprint density at radius 3 is 2.17 bits per heavy atom. The molecule has 0 fully saturated rings. The largest absolute Gasteiger partial charge is 0.317 e. The van der Waals surface area contributed by atoms with E-state index in [2.05, 4.69) is 131 Å². The third-order valence-electron chi connectivity index (χ3n) is 7.11. The van der Waals surface area contributed by atoms with Gasteiger partial charge in [-0.1, -0.05) is 54.6 Å². The van der Waals surface area contributed by atoms with Crippen LogP contribution in [0.1, 0.15) is 0 Å². The Balaban J connectivity index is 1.45. The molecule has 0 saturated heterocycles. The number of thiophene rings is 1. The highest BCUT2D eigenvalue weighted by molar-refractivity contribution is 7.21. The van der Waals surface area contributed by atoms with Crippen LogP contribution in [0.5, 0.6) is 0 Å². The maximum Gasteiger partial charge on any atom is 0.101 e. The first-order valence-electron chi connectivity index (χ1n) is 11.9. The average Bonchev–Trinajstić information content (AvgIpc) is 3.59. The van der Waals surface area contributed by atoms with E-state index in [1.165, 1.54) is 64.3 Å². The van der Waals surface area contributed by atoms with Crippen molar-refractivity contribution in [3.8, 4) is 10.7 Å². The van der Waals surface area contributed by atoms with Crippen LogP contribution in [0.4, 0.5) is 0 Å². The van der Waals surface area contributed by atoms with E-state index in [-0.39, 0.29) is 0 Å². The molecule has 0 spiro atoms. The summed E-state index contributed by atoms with van der Waals surface area (Å²) >= 11 is 1.85. The van der Waals surface area contributed by atoms with Gasteiger partial charge in [-0.15, -0.1) is 11.3 Å². The first kappa shape index (κ1) is 19.0. The average molecular weight is 465 g/mol. The van der Waals surface area contributed by atoms with Gasteiger partial charge in [-0.05, 0) is 76.8 Å². The van der Waals surface area contributed by atoms with Gasteiger partial charge in [0.05, 0.1) is 16.6 Å². The number of benzene rings is 5. The first-order chi connectivity index (χ1) is 17.3. The second kappa shape index (κ2) is 7.08. The minimum atomic E-state index is 1.18. The van der Waals surface area contributed by atoms with Crippen molar-refractivity contribution in [2.24, 2.45) is 0 Å². The van der Waals surface area contributed by atoms with Gasteiger partial charge in [-0.25, -0.2) is 0 Å². The Labute approximate surface area is 205 Å². The molecule has 5 aromatic carbocycles. The summed E-state index contributed by atoms with van der Waals surface area (Å²) in [5, 5.41) is 8.92. The molecule has 8 rings (SSSR count). The molecule has 164 valence electrons. The summed E-state index contributed by atoms with van der Waals surface area (Å²) in [5.41, 5.74) is 4.93. The molecule has 0 bridgehead atoms. The van der Waals surface area contributed by atoms with E-state index in [1.807, 2.05) is 11.3 Å². The van der Waals surface area contributed by atoms with Crippen LogP contribution in [-0.2, 0) is 0 Å². The number of hydrogen-bond donors (Lipinski definition) is 0. The minimum absolute atomic E-state index is 1.18. The number of hydrogen-bond acceptors (Lipinski definition) is 1. The minimum Gasteiger partial charge on any atom is -0.317 e. The van der Waals surface area contributed by atoms with Crippen LogP contribution in [0.15, 0.2) is 121 Å². The Kier molecular flexibility index (Phi) is 3.85. The molecule has 0 radical (unpaired) electrons. The predicted octanol–water partition coefficient (Wildman–Crippen LogP) is 9.10. The number of aromatic nitrogens is 2. The normalized spacial score (nSPS) is 12.0. The monoisotopic (exact) mass is 464 g/mol. The van der Waals surface area contributed by atoms with Crippen LogP contribution < -0.4 is 0 Å². The molecule has 2 nitrogen and oxygen atoms in total. The Hall–Kier alpha value is -4.34. The summed E-state index contributed by atoms with van der Waals surface area (Å²) in [5.74, 6) is 0. The van der Waals surface area contributed by atoms with Gasteiger partial charge in [-0.2, -0.15) is 0 Å². The predicted molar refractivity (Wildman–Crippen MR) is 151 cm³/mol. The molecule has 0 amide bonds. The molecule has 0 atom stereocenters. The fraction of sp³-hybridized carbons (Fsp3) is 0. The second-order valence-electron chi connectivity index (χ2n) is 9.12. The van der Waals surface area contributed by atoms with Gasteiger partial charge >= 0.3 is 0 Å². The van der Waals surface area contributed by atoms with E-state index >= 15 is 0 Å². The van der Waals surface area contributed by atoms with Crippen molar-refractivity contribution in [1.29, 1.82) is 0 Å². The zero-order valence-corrected chi connectivity index (χ0v) is 19.7. The fourth-order valence-corrected chi connectivity index (χ4v) is 6.57. The van der Waals surface area contributed by atoms with Gasteiger partial charge < -0.3 is 9.13 Å². The summed E-state index contributed by atoms with van der Waals surface area (Å²) in [6.45, 7) is 0. The molecule has 0 aliphatic rings. The molecular weight excluding hydrogens is 444 g/mol. The van der Waals surface area contributed by atoms with Crippen molar-refractivity contribution >= 4 is 64.9 Å². The number of nitrogens with zero attached hydrogens (tertiary/aromatic N) is 2. The van der Waals surface area contributed by atoms with Crippen LogP contribution in [-0.4, -0.2) is 9.13 Å². The highest BCUT2D eigenvalue weighted by Gasteiger charge is 2.15. The molecule has 0 aliphatic heterocycles. The highest BCUT2D eigenvalue weighted by atomic mass is 32.1. The topological polar surface area (TPSA) is 9.86 Å². The molecule has 3 aromatic heterocycles. The molecule has 0 saturated carbocycles. The Morgan fingerprint density at radius 2 is 1.26 bits per heavy atom. The van der Waals surface area contributed by atoms with Crippen LogP contribution in [0.25, 0.3) is 64.3 Å². The van der Waals surface area contributed by atoms with Crippen molar-refractivity contribution in [1.82, 2.24) is 9.13 Å². The smallest absolute Gasteiger partial charge is 0.101 e. The van der Waals surface area contributed by atoms with Gasteiger partial charge in [0.25, 0.3) is 0 Å². The standard InChI is InChI=1S/C32H20N2S/c1-2-9-25(10-3-1)33-15-14-21-16-23-19-30-27(17-24(23)18-29(21)33)26-11-5-6-12-28(26)34(30)32-20-22-8-4-7-13-31(22)35-32/h1-20H. The third kappa shape index (κ3) is 2.76. The number of rotatable bonds is 2. The van der Waals surface area contributed by atoms with Gasteiger partial charge in [0.15, 0.2) is 0 Å². The second-order valence-corrected chi connectivity index (χ2v) is 10.2. The van der Waals surface area contributed by atoms with Crippen molar-refractivity contribution in [2.75, 3.05) is 0 Å². The van der Waals surface area contributed by atoms with Crippen LogP contribution in [0.3, 0.4) is 0 Å². The lowest BCUT2D eigenvalue weighted by Crippen LogP contribution is -1.91. The van der Waals surface area contributed by atoms with E-state index in [0.29, 0.717) is 0 Å². The SMILES string of the molecule is c1ccc(-n2ccc3cc4cc5c(cc4cc32)c2ccccc2n5-c2cc3ccccc3s2)cc1. The molecule has 0 N–H and O–H groups in total. The van der Waals surface area contributed by atoms with Crippen molar-refractivity contribution in [3.63, 3.8) is 0 Å². The molecule has 35 heavy (non-hydrogen) atoms. The summed E-state index contributed by atoms with van der Waals surface area (Å²) in [6.07, 6.45) is 2.17. The van der Waals surface area contributed by atoms with Crippen LogP contribution >= 0.6 is 11.3 Å². The number of fused-ring (bicyclic) bond motifs is 6. The van der Waals surface area contributed by atoms with E-state index in [4.69, 9.17) is 0 Å². The van der Waals surface area contributed by atoms with Crippen molar-refractivity contribution < 1.29 is 0 Å². The van der Waals surface area contributed by atoms with Crippen LogP contribution in [0.2, 0.25) is 0 Å². The first-order valence-corrected chi connectivity index (χ1v) is 12.7. The summed E-state index contributed by atoms with van der Waals surface area (Å²) in [7, 11) is 0. The Bertz CT molecular complexity index is 2020. The van der Waals surface area contributed by atoms with Crippen molar-refractivity contribution in [2.45, 2.75) is 0 Å². The summed E-state index contributed by atoms with van der Waals surface area (Å²) < 4.78 is 6.03. The fourth-order valence-electron chi connectivity index (χ4n) is 5.48. The number of para-hydroxylation sites is 2. The maximum absolute atomic E-state index is 2.44. The highest BCUT2D eigenvalue weighted by Crippen LogP contribution is 2.39. The molecule has 3 heterocycles. The lowest BCUT2D eigenvalue weighted by atomic mass is 10.0. The lowest BCUT2D eigenvalue weighted by Gasteiger charge is -2.08. The lowest BCUT2D eigenvalue weighted by molar-refractivity contribution is 1.13. The van der Waals surface area contributed by atoms with Gasteiger partial charge in [0.2, 0.25) is 0 Å². The van der Waals surface area contributed by atoms with E-state index < -0.39 is 0 Å². The van der Waals surface area contributed by atoms with E-state index in [9.17, 15) is 0 Å². The Morgan fingerprint density at radius 1 is 0.486 bits per heavy atom. The molecule has 0 aliphatic carbocycles. The summed E-state index contributed by atoms with van der Waals surface area (Å²) in [4.78, 5) is 0.